The van der Waals surface area contributed by atoms with Gasteiger partial charge in [-0.15, -0.1) is 0 Å². The molecule has 1 unspecified atom stereocenters. The zero-order valence-corrected chi connectivity index (χ0v) is 14.1. The van der Waals surface area contributed by atoms with Crippen LogP contribution in [0.4, 0.5) is 5.69 Å². The van der Waals surface area contributed by atoms with Crippen LogP contribution in [-0.4, -0.2) is 17.4 Å². The molecule has 130 valence electrons. The first kappa shape index (κ1) is 17.2. The van der Waals surface area contributed by atoms with Gasteiger partial charge < -0.3 is 10.1 Å². The molecule has 25 heavy (non-hydrogen) atoms. The molecular weight excluding hydrogens is 344 g/mol. The van der Waals surface area contributed by atoms with E-state index in [1.54, 1.807) is 0 Å². The summed E-state index contributed by atoms with van der Waals surface area (Å²) in [5.41, 5.74) is 0.950. The van der Waals surface area contributed by atoms with Gasteiger partial charge in [0.05, 0.1) is 16.0 Å². The quantitative estimate of drug-likeness (QED) is 0.599. The van der Waals surface area contributed by atoms with Gasteiger partial charge >= 0.3 is 0 Å². The fraction of sp³-hybridized carbons (Fsp3) is 0.278. The monoisotopic (exact) mass is 360 g/mol. The number of nitro groups is 1. The number of hydrogen-bond acceptors (Lipinski definition) is 4. The molecule has 7 heteroatoms. The van der Waals surface area contributed by atoms with E-state index >= 15 is 0 Å². The van der Waals surface area contributed by atoms with Crippen molar-refractivity contribution < 1.29 is 14.5 Å². The largest absolute Gasteiger partial charge is 0.482 e. The molecule has 6 nitrogen and oxygen atoms in total. The van der Waals surface area contributed by atoms with E-state index in [9.17, 15) is 14.9 Å². The normalized spacial score (nSPS) is 14.6. The summed E-state index contributed by atoms with van der Waals surface area (Å²) >= 11 is 5.96. The molecule has 1 aliphatic carbocycles. The minimum atomic E-state index is -0.539. The third-order valence-electron chi connectivity index (χ3n) is 4.05. The van der Waals surface area contributed by atoms with Crippen LogP contribution in [0.1, 0.15) is 24.4 Å². The molecule has 1 N–H and O–H groups in total. The number of nitrogens with one attached hydrogen (secondary N) is 1. The number of halogens is 1. The lowest BCUT2D eigenvalue weighted by Gasteiger charge is -2.19. The summed E-state index contributed by atoms with van der Waals surface area (Å²) < 4.78 is 5.40. The second-order valence-electron chi connectivity index (χ2n) is 5.95. The fourth-order valence-electron chi connectivity index (χ4n) is 2.64. The van der Waals surface area contributed by atoms with E-state index in [0.717, 1.165) is 18.4 Å². The highest BCUT2D eigenvalue weighted by atomic mass is 35.5. The van der Waals surface area contributed by atoms with Gasteiger partial charge in [0.25, 0.3) is 11.6 Å². The van der Waals surface area contributed by atoms with Crippen LogP contribution in [0.2, 0.25) is 5.02 Å². The Labute approximate surface area is 149 Å². The van der Waals surface area contributed by atoms with Crippen molar-refractivity contribution in [2.24, 2.45) is 5.92 Å². The maximum atomic E-state index is 12.2. The second kappa shape index (κ2) is 7.53. The molecule has 3 rings (SSSR count). The summed E-state index contributed by atoms with van der Waals surface area (Å²) in [5, 5.41) is 13.8. The molecule has 0 aromatic heterocycles. The first-order chi connectivity index (χ1) is 12.0. The predicted octanol–water partition coefficient (Wildman–Crippen LogP) is 3.89. The number of carbonyl (C=O) groups is 1. The predicted molar refractivity (Wildman–Crippen MR) is 93.7 cm³/mol. The standard InChI is InChI=1S/C18H17ClN2O4/c19-15-10-14(21(23)24)8-9-16(15)25-11-17(22)20-18(13-6-7-13)12-4-2-1-3-5-12/h1-5,8-10,13,18H,6-7,11H2,(H,20,22). The number of nitrogens with zero attached hydrogens (tertiary/aromatic N) is 1. The Kier molecular flexibility index (Phi) is 5.19. The molecule has 0 radical (unpaired) electrons. The smallest absolute Gasteiger partial charge is 0.271 e. The number of benzene rings is 2. The molecule has 0 bridgehead atoms. The summed E-state index contributed by atoms with van der Waals surface area (Å²) in [7, 11) is 0. The zero-order valence-electron chi connectivity index (χ0n) is 13.4. The van der Waals surface area contributed by atoms with Crippen molar-refractivity contribution >= 4 is 23.2 Å². The lowest BCUT2D eigenvalue weighted by Crippen LogP contribution is -2.33. The molecular formula is C18H17ClN2O4. The van der Waals surface area contributed by atoms with Crippen LogP contribution in [0, 0.1) is 16.0 Å². The van der Waals surface area contributed by atoms with Gasteiger partial charge in [-0.3, -0.25) is 14.9 Å². The molecule has 2 aromatic carbocycles. The van der Waals surface area contributed by atoms with E-state index in [0.29, 0.717) is 5.92 Å². The van der Waals surface area contributed by atoms with Crippen LogP contribution in [0.3, 0.4) is 0 Å². The highest BCUT2D eigenvalue weighted by molar-refractivity contribution is 6.32. The van der Waals surface area contributed by atoms with E-state index in [1.807, 2.05) is 30.3 Å². The van der Waals surface area contributed by atoms with Crippen molar-refractivity contribution in [3.05, 3.63) is 69.2 Å². The lowest BCUT2D eigenvalue weighted by atomic mass is 10.0. The molecule has 0 aliphatic heterocycles. The van der Waals surface area contributed by atoms with Crippen LogP contribution in [0.25, 0.3) is 0 Å². The van der Waals surface area contributed by atoms with Crippen molar-refractivity contribution in [3.8, 4) is 5.75 Å². The minimum Gasteiger partial charge on any atom is -0.482 e. The van der Waals surface area contributed by atoms with Gasteiger partial charge in [0.1, 0.15) is 5.75 Å². The molecule has 1 saturated carbocycles. The Morgan fingerprint density at radius 3 is 2.60 bits per heavy atom. The highest BCUT2D eigenvalue weighted by Gasteiger charge is 2.33. The third kappa shape index (κ3) is 4.48. The molecule has 2 aromatic rings. The summed E-state index contributed by atoms with van der Waals surface area (Å²) in [6, 6.07) is 13.7. The fourth-order valence-corrected chi connectivity index (χ4v) is 2.87. The SMILES string of the molecule is O=C(COc1ccc([N+](=O)[O-])cc1Cl)NC(c1ccccc1)C1CC1. The van der Waals surface area contributed by atoms with E-state index in [4.69, 9.17) is 16.3 Å². The second-order valence-corrected chi connectivity index (χ2v) is 6.36. The van der Waals surface area contributed by atoms with Gasteiger partial charge in [0.2, 0.25) is 0 Å². The molecule has 1 amide bonds. The topological polar surface area (TPSA) is 81.5 Å². The summed E-state index contributed by atoms with van der Waals surface area (Å²) in [5.74, 6) is 0.439. The summed E-state index contributed by atoms with van der Waals surface area (Å²) in [6.07, 6.45) is 2.18. The number of rotatable bonds is 7. The Hall–Kier alpha value is -2.60. The number of ether oxygens (including phenoxy) is 1. The van der Waals surface area contributed by atoms with Crippen molar-refractivity contribution in [3.63, 3.8) is 0 Å². The molecule has 1 atom stereocenters. The molecule has 1 aliphatic rings. The maximum Gasteiger partial charge on any atom is 0.271 e. The average molecular weight is 361 g/mol. The third-order valence-corrected chi connectivity index (χ3v) is 4.35. The van der Waals surface area contributed by atoms with E-state index in [2.05, 4.69) is 5.32 Å². The summed E-state index contributed by atoms with van der Waals surface area (Å²) in [6.45, 7) is -0.201. The first-order valence-electron chi connectivity index (χ1n) is 7.95. The van der Waals surface area contributed by atoms with Crippen molar-refractivity contribution in [2.45, 2.75) is 18.9 Å². The van der Waals surface area contributed by atoms with Crippen LogP contribution >= 0.6 is 11.6 Å². The Morgan fingerprint density at radius 1 is 1.28 bits per heavy atom. The van der Waals surface area contributed by atoms with Gasteiger partial charge in [-0.1, -0.05) is 41.9 Å². The van der Waals surface area contributed by atoms with Gasteiger partial charge in [-0.2, -0.15) is 0 Å². The van der Waals surface area contributed by atoms with E-state index < -0.39 is 4.92 Å². The van der Waals surface area contributed by atoms with Crippen LogP contribution < -0.4 is 10.1 Å². The molecule has 0 saturated heterocycles. The molecule has 0 spiro atoms. The Bertz CT molecular complexity index is 778. The van der Waals surface area contributed by atoms with Gasteiger partial charge in [0.15, 0.2) is 6.61 Å². The zero-order chi connectivity index (χ0) is 17.8. The Morgan fingerprint density at radius 2 is 2.00 bits per heavy atom. The van der Waals surface area contributed by atoms with Crippen molar-refractivity contribution in [1.82, 2.24) is 5.32 Å². The van der Waals surface area contributed by atoms with E-state index in [1.165, 1.54) is 18.2 Å². The van der Waals surface area contributed by atoms with Gasteiger partial charge in [-0.05, 0) is 30.4 Å². The number of hydrogen-bond donors (Lipinski definition) is 1. The van der Waals surface area contributed by atoms with Crippen LogP contribution in [0.5, 0.6) is 5.75 Å². The highest BCUT2D eigenvalue weighted by Crippen LogP contribution is 2.40. The van der Waals surface area contributed by atoms with E-state index in [-0.39, 0.29) is 35.0 Å². The number of nitro benzene ring substituents is 1. The Balaban J connectivity index is 1.60. The minimum absolute atomic E-state index is 0.0235. The van der Waals surface area contributed by atoms with Crippen molar-refractivity contribution in [1.29, 1.82) is 0 Å². The molecule has 0 heterocycles. The van der Waals surface area contributed by atoms with Crippen LogP contribution in [-0.2, 0) is 4.79 Å². The van der Waals surface area contributed by atoms with Crippen molar-refractivity contribution in [2.75, 3.05) is 6.61 Å². The molecule has 1 fully saturated rings. The van der Waals surface area contributed by atoms with Gasteiger partial charge in [-0.25, -0.2) is 0 Å². The lowest BCUT2D eigenvalue weighted by molar-refractivity contribution is -0.384. The number of non-ortho nitro benzene ring substituents is 1. The summed E-state index contributed by atoms with van der Waals surface area (Å²) in [4.78, 5) is 22.4. The number of carbonyl (C=O) groups excluding carboxylic acids is 1. The van der Waals surface area contributed by atoms with Gasteiger partial charge in [0, 0.05) is 12.1 Å². The first-order valence-corrected chi connectivity index (χ1v) is 8.33. The number of amides is 1. The average Bonchev–Trinajstić information content (AvgIpc) is 3.44. The maximum absolute atomic E-state index is 12.2. The van der Waals surface area contributed by atoms with Crippen LogP contribution in [0.15, 0.2) is 48.5 Å².